The van der Waals surface area contributed by atoms with Crippen LogP contribution in [0.1, 0.15) is 25.3 Å². The van der Waals surface area contributed by atoms with E-state index < -0.39 is 0 Å². The molecule has 1 fully saturated rings. The lowest BCUT2D eigenvalue weighted by Crippen LogP contribution is -2.31. The molecule has 1 aliphatic rings. The Labute approximate surface area is 104 Å². The zero-order valence-electron chi connectivity index (χ0n) is 10.9. The van der Waals surface area contributed by atoms with Crippen molar-refractivity contribution in [3.8, 4) is 5.75 Å². The molecule has 0 heterocycles. The number of hydrogen-bond acceptors (Lipinski definition) is 3. The van der Waals surface area contributed by atoms with Gasteiger partial charge in [-0.2, -0.15) is 0 Å². The predicted octanol–water partition coefficient (Wildman–Crippen LogP) is 2.39. The minimum Gasteiger partial charge on any atom is -0.497 e. The molecule has 1 saturated carbocycles. The average Bonchev–Trinajstić information content (AvgIpc) is 3.20. The summed E-state index contributed by atoms with van der Waals surface area (Å²) in [6.45, 7) is 2.86. The van der Waals surface area contributed by atoms with Gasteiger partial charge < -0.3 is 15.4 Å². The summed E-state index contributed by atoms with van der Waals surface area (Å²) in [4.78, 5) is 2.34. The van der Waals surface area contributed by atoms with E-state index in [9.17, 15) is 0 Å². The summed E-state index contributed by atoms with van der Waals surface area (Å²) < 4.78 is 5.29. The highest BCUT2D eigenvalue weighted by molar-refractivity contribution is 5.57. The van der Waals surface area contributed by atoms with Crippen LogP contribution in [0.3, 0.4) is 0 Å². The van der Waals surface area contributed by atoms with Crippen molar-refractivity contribution in [3.05, 3.63) is 23.8 Å². The summed E-state index contributed by atoms with van der Waals surface area (Å²) in [6.07, 6.45) is 2.71. The number of nitrogens with two attached hydrogens (primary N) is 1. The van der Waals surface area contributed by atoms with Gasteiger partial charge in [-0.1, -0.05) is 6.07 Å². The first kappa shape index (κ1) is 12.2. The Balaban J connectivity index is 2.27. The second-order valence-electron chi connectivity index (χ2n) is 4.89. The van der Waals surface area contributed by atoms with Crippen molar-refractivity contribution in [1.29, 1.82) is 0 Å². The Kier molecular flexibility index (Phi) is 3.57. The van der Waals surface area contributed by atoms with E-state index in [4.69, 9.17) is 10.5 Å². The third-order valence-electron chi connectivity index (χ3n) is 3.81. The van der Waals surface area contributed by atoms with Crippen LogP contribution in [0.25, 0.3) is 0 Å². The van der Waals surface area contributed by atoms with Gasteiger partial charge in [0.05, 0.1) is 7.11 Å². The molecule has 17 heavy (non-hydrogen) atoms. The molecule has 3 nitrogen and oxygen atoms in total. The minimum absolute atomic E-state index is 0.570. The first-order valence-corrected chi connectivity index (χ1v) is 6.27. The molecule has 0 saturated heterocycles. The van der Waals surface area contributed by atoms with Crippen molar-refractivity contribution < 1.29 is 4.74 Å². The topological polar surface area (TPSA) is 38.5 Å². The lowest BCUT2D eigenvalue weighted by atomic mass is 10.1. The molecule has 0 radical (unpaired) electrons. The first-order valence-electron chi connectivity index (χ1n) is 6.27. The van der Waals surface area contributed by atoms with Gasteiger partial charge in [0.2, 0.25) is 0 Å². The minimum atomic E-state index is 0.570. The number of hydrogen-bond donors (Lipinski definition) is 1. The summed E-state index contributed by atoms with van der Waals surface area (Å²) in [5, 5.41) is 0. The molecule has 2 N–H and O–H groups in total. The molecule has 1 unspecified atom stereocenters. The van der Waals surface area contributed by atoms with E-state index in [0.29, 0.717) is 12.6 Å². The Hall–Kier alpha value is -1.22. The number of nitrogens with zero attached hydrogens (tertiary/aromatic N) is 1. The van der Waals surface area contributed by atoms with E-state index in [1.54, 1.807) is 7.11 Å². The second-order valence-corrected chi connectivity index (χ2v) is 4.89. The van der Waals surface area contributed by atoms with E-state index in [2.05, 4.69) is 31.0 Å². The molecule has 0 aliphatic heterocycles. The van der Waals surface area contributed by atoms with Gasteiger partial charge >= 0.3 is 0 Å². The molecular formula is C14H22N2O. The fourth-order valence-corrected chi connectivity index (χ4v) is 2.29. The predicted molar refractivity (Wildman–Crippen MR) is 71.5 cm³/mol. The highest BCUT2D eigenvalue weighted by Crippen LogP contribution is 2.37. The van der Waals surface area contributed by atoms with Crippen molar-refractivity contribution in [2.75, 3.05) is 19.1 Å². The SMILES string of the molecule is COc1ccc(CN)c(N(C)C(C)C2CC2)c1. The standard InChI is InChI=1S/C14H22N2O/c1-10(11-4-5-11)16(2)14-8-13(17-3)7-6-12(14)9-15/h6-8,10-11H,4-5,9,15H2,1-3H3. The number of benzene rings is 1. The van der Waals surface area contributed by atoms with Crippen molar-refractivity contribution in [2.24, 2.45) is 11.7 Å². The number of methoxy groups -OCH3 is 1. The van der Waals surface area contributed by atoms with Crippen LogP contribution < -0.4 is 15.4 Å². The lowest BCUT2D eigenvalue weighted by Gasteiger charge is -2.29. The summed E-state index contributed by atoms with van der Waals surface area (Å²) >= 11 is 0. The summed E-state index contributed by atoms with van der Waals surface area (Å²) in [6, 6.07) is 6.69. The Morgan fingerprint density at radius 3 is 2.71 bits per heavy atom. The third kappa shape index (κ3) is 2.55. The zero-order chi connectivity index (χ0) is 12.4. The van der Waals surface area contributed by atoms with Crippen LogP contribution >= 0.6 is 0 Å². The van der Waals surface area contributed by atoms with Crippen molar-refractivity contribution in [3.63, 3.8) is 0 Å². The molecule has 94 valence electrons. The fraction of sp³-hybridized carbons (Fsp3) is 0.571. The quantitative estimate of drug-likeness (QED) is 0.850. The van der Waals surface area contributed by atoms with Gasteiger partial charge in [0.25, 0.3) is 0 Å². The number of anilines is 1. The summed E-state index contributed by atoms with van der Waals surface area (Å²) in [5.41, 5.74) is 8.19. The van der Waals surface area contributed by atoms with E-state index in [1.165, 1.54) is 24.1 Å². The van der Waals surface area contributed by atoms with Crippen molar-refractivity contribution >= 4 is 5.69 Å². The van der Waals surface area contributed by atoms with Crippen LogP contribution in [-0.4, -0.2) is 20.2 Å². The van der Waals surface area contributed by atoms with Gasteiger partial charge in [0, 0.05) is 31.4 Å². The molecule has 0 bridgehead atoms. The summed E-state index contributed by atoms with van der Waals surface area (Å²) in [5.74, 6) is 1.74. The monoisotopic (exact) mass is 234 g/mol. The maximum atomic E-state index is 5.80. The Morgan fingerprint density at radius 2 is 2.18 bits per heavy atom. The normalized spacial score (nSPS) is 16.7. The van der Waals surface area contributed by atoms with Crippen molar-refractivity contribution in [1.82, 2.24) is 0 Å². The van der Waals surface area contributed by atoms with Gasteiger partial charge in [-0.25, -0.2) is 0 Å². The van der Waals surface area contributed by atoms with E-state index >= 15 is 0 Å². The maximum absolute atomic E-state index is 5.80. The average molecular weight is 234 g/mol. The van der Waals surface area contributed by atoms with E-state index in [0.717, 1.165) is 11.7 Å². The van der Waals surface area contributed by atoms with Gasteiger partial charge in [-0.3, -0.25) is 0 Å². The molecule has 0 spiro atoms. The van der Waals surface area contributed by atoms with Crippen LogP contribution in [0.4, 0.5) is 5.69 Å². The lowest BCUT2D eigenvalue weighted by molar-refractivity contribution is 0.414. The number of ether oxygens (including phenoxy) is 1. The van der Waals surface area contributed by atoms with Gasteiger partial charge in [-0.05, 0) is 37.3 Å². The van der Waals surface area contributed by atoms with E-state index in [-0.39, 0.29) is 0 Å². The van der Waals surface area contributed by atoms with Crippen LogP contribution in [0.15, 0.2) is 18.2 Å². The summed E-state index contributed by atoms with van der Waals surface area (Å²) in [7, 11) is 3.85. The molecular weight excluding hydrogens is 212 g/mol. The first-order chi connectivity index (χ1) is 8.17. The Bertz CT molecular complexity index is 388. The van der Waals surface area contributed by atoms with Gasteiger partial charge in [0.1, 0.15) is 5.75 Å². The van der Waals surface area contributed by atoms with Crippen molar-refractivity contribution in [2.45, 2.75) is 32.4 Å². The molecule has 3 heteroatoms. The molecule has 1 aromatic carbocycles. The van der Waals surface area contributed by atoms with Crippen LogP contribution in [-0.2, 0) is 6.54 Å². The highest BCUT2D eigenvalue weighted by Gasteiger charge is 2.31. The second kappa shape index (κ2) is 4.96. The third-order valence-corrected chi connectivity index (χ3v) is 3.81. The highest BCUT2D eigenvalue weighted by atomic mass is 16.5. The maximum Gasteiger partial charge on any atom is 0.120 e. The molecule has 0 amide bonds. The number of rotatable bonds is 5. The Morgan fingerprint density at radius 1 is 1.47 bits per heavy atom. The smallest absolute Gasteiger partial charge is 0.120 e. The van der Waals surface area contributed by atoms with Crippen LogP contribution in [0.2, 0.25) is 0 Å². The molecule has 1 atom stereocenters. The molecule has 0 aromatic heterocycles. The molecule has 1 aromatic rings. The molecule has 1 aliphatic carbocycles. The largest absolute Gasteiger partial charge is 0.497 e. The zero-order valence-corrected chi connectivity index (χ0v) is 10.9. The van der Waals surface area contributed by atoms with Gasteiger partial charge in [-0.15, -0.1) is 0 Å². The van der Waals surface area contributed by atoms with Gasteiger partial charge in [0.15, 0.2) is 0 Å². The van der Waals surface area contributed by atoms with Crippen LogP contribution in [0, 0.1) is 5.92 Å². The fourth-order valence-electron chi connectivity index (χ4n) is 2.29. The van der Waals surface area contributed by atoms with Crippen LogP contribution in [0.5, 0.6) is 5.75 Å². The molecule has 2 rings (SSSR count). The van der Waals surface area contributed by atoms with E-state index in [1.807, 2.05) is 6.07 Å².